The number of aromatic nitrogens is 3. The minimum absolute atomic E-state index is 0.242. The number of piperidine rings is 1. The lowest BCUT2D eigenvalue weighted by molar-refractivity contribution is 0.159. The summed E-state index contributed by atoms with van der Waals surface area (Å²) < 4.78 is 28.0. The summed E-state index contributed by atoms with van der Waals surface area (Å²) in [6.45, 7) is 7.11. The highest BCUT2D eigenvalue weighted by atomic mass is 32.2. The molecule has 1 saturated heterocycles. The lowest BCUT2D eigenvalue weighted by atomic mass is 9.92. The highest BCUT2D eigenvalue weighted by molar-refractivity contribution is 7.90. The number of anilines is 1. The van der Waals surface area contributed by atoms with Crippen molar-refractivity contribution in [3.05, 3.63) is 84.3 Å². The molecule has 7 nitrogen and oxygen atoms in total. The topological polar surface area (TPSA) is 71.3 Å². The molecule has 182 valence electrons. The molecule has 1 fully saturated rings. The van der Waals surface area contributed by atoms with Gasteiger partial charge in [0, 0.05) is 32.4 Å². The Morgan fingerprint density at radius 2 is 1.77 bits per heavy atom. The maximum atomic E-state index is 13.4. The van der Waals surface area contributed by atoms with Crippen molar-refractivity contribution in [1.82, 2.24) is 18.8 Å². The highest BCUT2D eigenvalue weighted by Gasteiger charge is 2.31. The van der Waals surface area contributed by atoms with E-state index in [1.807, 2.05) is 19.1 Å². The lowest BCUT2D eigenvalue weighted by Gasteiger charge is -2.42. The molecule has 2 aromatic heterocycles. The van der Waals surface area contributed by atoms with Crippen molar-refractivity contribution in [3.63, 3.8) is 0 Å². The van der Waals surface area contributed by atoms with Crippen molar-refractivity contribution in [3.8, 4) is 0 Å². The molecule has 1 aliphatic heterocycles. The zero-order valence-electron chi connectivity index (χ0n) is 20.4. The normalized spacial score (nSPS) is 19.2. The molecule has 4 aromatic rings. The summed E-state index contributed by atoms with van der Waals surface area (Å²) >= 11 is 0. The minimum atomic E-state index is -3.76. The van der Waals surface area contributed by atoms with Crippen LogP contribution in [0.2, 0.25) is 0 Å². The molecule has 0 spiro atoms. The summed E-state index contributed by atoms with van der Waals surface area (Å²) in [6.07, 6.45) is 4.14. The lowest BCUT2D eigenvalue weighted by Crippen LogP contribution is -2.50. The van der Waals surface area contributed by atoms with Crippen LogP contribution in [-0.2, 0) is 16.6 Å². The fourth-order valence-corrected chi connectivity index (χ4v) is 6.28. The third kappa shape index (κ3) is 4.56. The van der Waals surface area contributed by atoms with Gasteiger partial charge in [-0.2, -0.15) is 0 Å². The van der Waals surface area contributed by atoms with Gasteiger partial charge in [-0.3, -0.25) is 4.90 Å². The Hall–Kier alpha value is -3.23. The maximum absolute atomic E-state index is 13.4. The Labute approximate surface area is 207 Å². The van der Waals surface area contributed by atoms with E-state index in [1.165, 1.54) is 15.9 Å². The summed E-state index contributed by atoms with van der Waals surface area (Å²) in [7, 11) is -1.70. The number of hydrogen-bond donors (Lipinski definition) is 0. The monoisotopic (exact) mass is 489 g/mol. The molecular formula is C27H31N5O2S. The Morgan fingerprint density at radius 3 is 2.51 bits per heavy atom. The van der Waals surface area contributed by atoms with Crippen molar-refractivity contribution >= 4 is 26.9 Å². The number of likely N-dealkylation sites (tertiary alicyclic amines) is 1. The van der Waals surface area contributed by atoms with Crippen LogP contribution in [0.15, 0.2) is 78.1 Å². The SMILES string of the molecule is Cc1ccc(S(=O)(=O)n2ccc3c(N(C)[C@@H]4CN(Cc5ccccc5)CC[C@@H]4C)ncnc32)cc1. The quantitative estimate of drug-likeness (QED) is 0.402. The van der Waals surface area contributed by atoms with Crippen LogP contribution in [0.4, 0.5) is 5.82 Å². The third-order valence-corrected chi connectivity index (χ3v) is 8.77. The molecule has 2 aromatic carbocycles. The highest BCUT2D eigenvalue weighted by Crippen LogP contribution is 2.31. The van der Waals surface area contributed by atoms with Crippen LogP contribution < -0.4 is 4.90 Å². The van der Waals surface area contributed by atoms with E-state index in [2.05, 4.69) is 58.0 Å². The summed E-state index contributed by atoms with van der Waals surface area (Å²) in [5.41, 5.74) is 2.72. The van der Waals surface area contributed by atoms with E-state index in [4.69, 9.17) is 0 Å². The molecule has 0 saturated carbocycles. The van der Waals surface area contributed by atoms with Gasteiger partial charge in [0.15, 0.2) is 5.65 Å². The molecular weight excluding hydrogens is 458 g/mol. The molecule has 0 unspecified atom stereocenters. The first-order valence-electron chi connectivity index (χ1n) is 12.0. The maximum Gasteiger partial charge on any atom is 0.269 e. The molecule has 35 heavy (non-hydrogen) atoms. The standard InChI is InChI=1S/C27H31N5O2S/c1-20-9-11-23(12-10-20)35(33,34)32-16-14-24-26(28-19-29-27(24)32)30(3)25-18-31(15-13-21(25)2)17-22-7-5-4-6-8-22/h4-12,14,16,19,21,25H,13,15,17-18H2,1-3H3/t21-,25+/m0/s1. The first kappa shape index (κ1) is 23.5. The number of likely N-dealkylation sites (N-methyl/N-ethyl adjacent to an activating group) is 1. The molecule has 5 rings (SSSR count). The summed E-state index contributed by atoms with van der Waals surface area (Å²) in [5, 5.41) is 0.734. The van der Waals surface area contributed by atoms with Gasteiger partial charge in [0.25, 0.3) is 10.0 Å². The van der Waals surface area contributed by atoms with Crippen LogP contribution in [0.3, 0.4) is 0 Å². The van der Waals surface area contributed by atoms with E-state index >= 15 is 0 Å². The predicted octanol–water partition coefficient (Wildman–Crippen LogP) is 4.32. The van der Waals surface area contributed by atoms with Gasteiger partial charge >= 0.3 is 0 Å². The van der Waals surface area contributed by atoms with Crippen molar-refractivity contribution < 1.29 is 8.42 Å². The van der Waals surface area contributed by atoms with Gasteiger partial charge in [-0.15, -0.1) is 0 Å². The average molecular weight is 490 g/mol. The second-order valence-electron chi connectivity index (χ2n) is 9.53. The van der Waals surface area contributed by atoms with Crippen LogP contribution in [0.1, 0.15) is 24.5 Å². The Kier molecular flexibility index (Phi) is 6.34. The molecule has 2 atom stereocenters. The zero-order valence-corrected chi connectivity index (χ0v) is 21.2. The van der Waals surface area contributed by atoms with E-state index in [0.29, 0.717) is 11.6 Å². The van der Waals surface area contributed by atoms with Crippen molar-refractivity contribution in [2.45, 2.75) is 37.8 Å². The second kappa shape index (κ2) is 9.43. The Morgan fingerprint density at radius 1 is 1.03 bits per heavy atom. The summed E-state index contributed by atoms with van der Waals surface area (Å²) in [6, 6.07) is 19.5. The first-order chi connectivity index (χ1) is 16.8. The first-order valence-corrected chi connectivity index (χ1v) is 13.4. The van der Waals surface area contributed by atoms with E-state index in [1.54, 1.807) is 30.5 Å². The summed E-state index contributed by atoms with van der Waals surface area (Å²) in [5.74, 6) is 1.24. The molecule has 3 heterocycles. The molecule has 8 heteroatoms. The molecule has 0 N–H and O–H groups in total. The van der Waals surface area contributed by atoms with Crippen molar-refractivity contribution in [1.29, 1.82) is 0 Å². The van der Waals surface area contributed by atoms with Gasteiger partial charge in [-0.25, -0.2) is 22.4 Å². The molecule has 0 bridgehead atoms. The van der Waals surface area contributed by atoms with Gasteiger partial charge in [0.1, 0.15) is 12.1 Å². The number of aryl methyl sites for hydroxylation is 1. The van der Waals surface area contributed by atoms with Crippen LogP contribution in [-0.4, -0.2) is 53.4 Å². The fraction of sp³-hybridized carbons (Fsp3) is 0.333. The molecule has 0 amide bonds. The van der Waals surface area contributed by atoms with Crippen LogP contribution in [0.5, 0.6) is 0 Å². The third-order valence-electron chi connectivity index (χ3n) is 7.09. The van der Waals surface area contributed by atoms with E-state index < -0.39 is 10.0 Å². The number of rotatable bonds is 6. The summed E-state index contributed by atoms with van der Waals surface area (Å²) in [4.78, 5) is 13.9. The number of fused-ring (bicyclic) bond motifs is 1. The van der Waals surface area contributed by atoms with Gasteiger partial charge in [-0.05, 0) is 49.6 Å². The van der Waals surface area contributed by atoms with E-state index in [-0.39, 0.29) is 10.9 Å². The van der Waals surface area contributed by atoms with Crippen molar-refractivity contribution in [2.75, 3.05) is 25.0 Å². The minimum Gasteiger partial charge on any atom is -0.354 e. The fourth-order valence-electron chi connectivity index (χ4n) is 4.97. The largest absolute Gasteiger partial charge is 0.354 e. The van der Waals surface area contributed by atoms with Gasteiger partial charge in [0.05, 0.1) is 10.3 Å². The van der Waals surface area contributed by atoms with Crippen LogP contribution in [0, 0.1) is 12.8 Å². The molecule has 0 aliphatic carbocycles. The second-order valence-corrected chi connectivity index (χ2v) is 11.3. The number of hydrogen-bond acceptors (Lipinski definition) is 6. The molecule has 1 aliphatic rings. The Balaban J connectivity index is 1.44. The van der Waals surface area contributed by atoms with E-state index in [0.717, 1.165) is 42.8 Å². The van der Waals surface area contributed by atoms with Crippen LogP contribution >= 0.6 is 0 Å². The predicted molar refractivity (Wildman–Crippen MR) is 139 cm³/mol. The Bertz CT molecular complexity index is 1420. The number of benzene rings is 2. The average Bonchev–Trinajstić information content (AvgIpc) is 3.31. The smallest absolute Gasteiger partial charge is 0.269 e. The van der Waals surface area contributed by atoms with Gasteiger partial charge in [-0.1, -0.05) is 55.0 Å². The van der Waals surface area contributed by atoms with E-state index in [9.17, 15) is 8.42 Å². The van der Waals surface area contributed by atoms with Crippen molar-refractivity contribution in [2.24, 2.45) is 5.92 Å². The molecule has 0 radical (unpaired) electrons. The van der Waals surface area contributed by atoms with Crippen LogP contribution in [0.25, 0.3) is 11.0 Å². The number of nitrogens with zero attached hydrogens (tertiary/aromatic N) is 5. The van der Waals surface area contributed by atoms with Gasteiger partial charge in [0.2, 0.25) is 0 Å². The van der Waals surface area contributed by atoms with Gasteiger partial charge < -0.3 is 4.90 Å². The zero-order chi connectivity index (χ0) is 24.6.